The van der Waals surface area contributed by atoms with Crippen molar-refractivity contribution in [3.8, 4) is 0 Å². The maximum Gasteiger partial charge on any atom is 0.294 e. The van der Waals surface area contributed by atoms with Crippen LogP contribution in [0, 0.1) is 17.8 Å². The Morgan fingerprint density at radius 2 is 2.03 bits per heavy atom. The van der Waals surface area contributed by atoms with Crippen LogP contribution in [0.2, 0.25) is 0 Å². The third-order valence-electron chi connectivity index (χ3n) is 7.53. The molecule has 3 fully saturated rings. The van der Waals surface area contributed by atoms with E-state index in [4.69, 9.17) is 4.74 Å². The summed E-state index contributed by atoms with van der Waals surface area (Å²) in [5.74, 6) is 2.74. The standard InChI is InChI=1S/C24H32N4O3/c1-16(19-15-17-6-7-18(19)14-17)25-22(29)8-9-28-21-5-3-2-4-20(21)26-23(24(28)30)27-10-12-31-13-11-27/h2-5,16-19H,6-15H2,1H3,(H,25,29). The molecule has 0 radical (unpaired) electrons. The van der Waals surface area contributed by atoms with Crippen molar-refractivity contribution in [1.82, 2.24) is 14.9 Å². The second-order valence-corrected chi connectivity index (χ2v) is 9.43. The van der Waals surface area contributed by atoms with E-state index in [0.29, 0.717) is 51.0 Å². The minimum atomic E-state index is -0.130. The third-order valence-corrected chi connectivity index (χ3v) is 7.53. The van der Waals surface area contributed by atoms with Gasteiger partial charge in [-0.25, -0.2) is 4.98 Å². The van der Waals surface area contributed by atoms with Crippen molar-refractivity contribution in [2.24, 2.45) is 17.8 Å². The van der Waals surface area contributed by atoms with Crippen LogP contribution in [0.15, 0.2) is 29.1 Å². The summed E-state index contributed by atoms with van der Waals surface area (Å²) in [6.07, 6.45) is 5.57. The van der Waals surface area contributed by atoms with Gasteiger partial charge in [0.05, 0.1) is 24.2 Å². The largest absolute Gasteiger partial charge is 0.378 e. The highest BCUT2D eigenvalue weighted by atomic mass is 16.5. The first kappa shape index (κ1) is 20.5. The number of hydrogen-bond acceptors (Lipinski definition) is 5. The Morgan fingerprint density at radius 3 is 2.77 bits per heavy atom. The molecule has 7 heteroatoms. The summed E-state index contributed by atoms with van der Waals surface area (Å²) in [7, 11) is 0. The fourth-order valence-electron chi connectivity index (χ4n) is 5.93. The number of carbonyl (C=O) groups is 1. The molecular formula is C24H32N4O3. The van der Waals surface area contributed by atoms with E-state index in [1.807, 2.05) is 29.2 Å². The van der Waals surface area contributed by atoms with Gasteiger partial charge in [0.1, 0.15) is 0 Å². The van der Waals surface area contributed by atoms with Crippen LogP contribution in [0.3, 0.4) is 0 Å². The lowest BCUT2D eigenvalue weighted by Gasteiger charge is -2.29. The molecule has 4 atom stereocenters. The quantitative estimate of drug-likeness (QED) is 0.771. The van der Waals surface area contributed by atoms with Gasteiger partial charge in [-0.15, -0.1) is 0 Å². The topological polar surface area (TPSA) is 76.5 Å². The minimum absolute atomic E-state index is 0.0241. The average Bonchev–Trinajstić information content (AvgIpc) is 3.43. The monoisotopic (exact) mass is 424 g/mol. The van der Waals surface area contributed by atoms with E-state index in [-0.39, 0.29) is 17.5 Å². The lowest BCUT2D eigenvalue weighted by atomic mass is 9.84. The Kier molecular flexibility index (Phi) is 5.69. The maximum atomic E-state index is 13.3. The molecule has 1 N–H and O–H groups in total. The lowest BCUT2D eigenvalue weighted by molar-refractivity contribution is -0.122. The molecular weight excluding hydrogens is 392 g/mol. The Morgan fingerprint density at radius 1 is 1.23 bits per heavy atom. The van der Waals surface area contributed by atoms with Gasteiger partial charge in [-0.3, -0.25) is 9.59 Å². The molecule has 7 nitrogen and oxygen atoms in total. The van der Waals surface area contributed by atoms with Crippen LogP contribution >= 0.6 is 0 Å². The molecule has 1 amide bonds. The number of aromatic nitrogens is 2. The number of ether oxygens (including phenoxy) is 1. The molecule has 1 saturated heterocycles. The maximum absolute atomic E-state index is 13.3. The number of morpholine rings is 1. The second-order valence-electron chi connectivity index (χ2n) is 9.43. The van der Waals surface area contributed by atoms with Crippen LogP contribution in [-0.4, -0.2) is 47.8 Å². The van der Waals surface area contributed by atoms with Crippen LogP contribution in [0.4, 0.5) is 5.82 Å². The van der Waals surface area contributed by atoms with Crippen molar-refractivity contribution in [3.05, 3.63) is 34.6 Å². The lowest BCUT2D eigenvalue weighted by Crippen LogP contribution is -2.42. The summed E-state index contributed by atoms with van der Waals surface area (Å²) < 4.78 is 7.14. The molecule has 5 rings (SSSR count). The van der Waals surface area contributed by atoms with Gasteiger partial charge in [0, 0.05) is 32.1 Å². The molecule has 166 valence electrons. The molecule has 4 unspecified atom stereocenters. The minimum Gasteiger partial charge on any atom is -0.378 e. The van der Waals surface area contributed by atoms with Gasteiger partial charge in [0.25, 0.3) is 5.56 Å². The Balaban J connectivity index is 1.31. The van der Waals surface area contributed by atoms with Crippen molar-refractivity contribution in [2.75, 3.05) is 31.2 Å². The van der Waals surface area contributed by atoms with Crippen LogP contribution in [0.1, 0.15) is 39.0 Å². The van der Waals surface area contributed by atoms with E-state index in [1.54, 1.807) is 4.57 Å². The van der Waals surface area contributed by atoms with Gasteiger partial charge < -0.3 is 19.5 Å². The number of rotatable bonds is 6. The van der Waals surface area contributed by atoms with Crippen molar-refractivity contribution in [2.45, 2.75) is 51.6 Å². The van der Waals surface area contributed by atoms with Crippen LogP contribution in [0.5, 0.6) is 0 Å². The van der Waals surface area contributed by atoms with E-state index in [1.165, 1.54) is 25.7 Å². The second kappa shape index (κ2) is 8.61. The first-order valence-electron chi connectivity index (χ1n) is 11.7. The van der Waals surface area contributed by atoms with Gasteiger partial charge in [0.15, 0.2) is 5.82 Å². The molecule has 3 aliphatic rings. The number of aryl methyl sites for hydroxylation is 1. The predicted molar refractivity (Wildman–Crippen MR) is 120 cm³/mol. The number of nitrogens with one attached hydrogen (secondary N) is 1. The number of nitrogens with zero attached hydrogens (tertiary/aromatic N) is 3. The molecule has 31 heavy (non-hydrogen) atoms. The molecule has 2 heterocycles. The van der Waals surface area contributed by atoms with Gasteiger partial charge >= 0.3 is 0 Å². The summed E-state index contributed by atoms with van der Waals surface area (Å²) in [6, 6.07) is 7.87. The summed E-state index contributed by atoms with van der Waals surface area (Å²) in [4.78, 5) is 32.7. The summed E-state index contributed by atoms with van der Waals surface area (Å²) >= 11 is 0. The zero-order valence-corrected chi connectivity index (χ0v) is 18.3. The van der Waals surface area contributed by atoms with Gasteiger partial charge in [-0.05, 0) is 56.1 Å². The van der Waals surface area contributed by atoms with E-state index in [0.717, 1.165) is 22.9 Å². The molecule has 1 aliphatic heterocycles. The van der Waals surface area contributed by atoms with Crippen molar-refractivity contribution < 1.29 is 9.53 Å². The Bertz CT molecular complexity index is 1010. The number of amides is 1. The zero-order chi connectivity index (χ0) is 21.4. The number of para-hydroxylation sites is 2. The Hall–Kier alpha value is -2.41. The number of hydrogen-bond donors (Lipinski definition) is 1. The fourth-order valence-corrected chi connectivity index (χ4v) is 5.93. The first-order valence-corrected chi connectivity index (χ1v) is 11.7. The van der Waals surface area contributed by atoms with E-state index < -0.39 is 0 Å². The smallest absolute Gasteiger partial charge is 0.294 e. The average molecular weight is 425 g/mol. The number of anilines is 1. The summed E-state index contributed by atoms with van der Waals surface area (Å²) in [6.45, 7) is 5.00. The number of benzene rings is 1. The SMILES string of the molecule is CC(NC(=O)CCn1c(=O)c(N2CCOCC2)nc2ccccc21)C1CC2CCC1C2. The molecule has 1 aromatic carbocycles. The van der Waals surface area contributed by atoms with E-state index in [2.05, 4.69) is 17.2 Å². The third kappa shape index (κ3) is 4.07. The summed E-state index contributed by atoms with van der Waals surface area (Å²) in [5.41, 5.74) is 1.42. The van der Waals surface area contributed by atoms with Crippen molar-refractivity contribution in [1.29, 1.82) is 0 Å². The number of carbonyl (C=O) groups excluding carboxylic acids is 1. The highest BCUT2D eigenvalue weighted by Crippen LogP contribution is 2.49. The van der Waals surface area contributed by atoms with Crippen molar-refractivity contribution >= 4 is 22.8 Å². The highest BCUT2D eigenvalue weighted by molar-refractivity contribution is 5.78. The highest BCUT2D eigenvalue weighted by Gasteiger charge is 2.42. The first-order chi connectivity index (χ1) is 15.1. The molecule has 2 aromatic rings. The molecule has 2 bridgehead atoms. The fraction of sp³-hybridized carbons (Fsp3) is 0.625. The zero-order valence-electron chi connectivity index (χ0n) is 18.3. The predicted octanol–water partition coefficient (Wildman–Crippen LogP) is 2.56. The molecule has 2 saturated carbocycles. The Labute approximate surface area is 182 Å². The molecule has 1 aromatic heterocycles. The molecule has 2 aliphatic carbocycles. The summed E-state index contributed by atoms with van der Waals surface area (Å²) in [5, 5.41) is 3.23. The van der Waals surface area contributed by atoms with E-state index >= 15 is 0 Å². The van der Waals surface area contributed by atoms with Gasteiger partial charge in [0.2, 0.25) is 5.91 Å². The van der Waals surface area contributed by atoms with E-state index in [9.17, 15) is 9.59 Å². The van der Waals surface area contributed by atoms with Crippen LogP contribution in [-0.2, 0) is 16.1 Å². The normalized spacial score (nSPS) is 26.4. The molecule has 0 spiro atoms. The van der Waals surface area contributed by atoms with Gasteiger partial charge in [-0.2, -0.15) is 0 Å². The van der Waals surface area contributed by atoms with Crippen LogP contribution in [0.25, 0.3) is 11.0 Å². The van der Waals surface area contributed by atoms with Gasteiger partial charge in [-0.1, -0.05) is 18.6 Å². The number of fused-ring (bicyclic) bond motifs is 3. The van der Waals surface area contributed by atoms with Crippen LogP contribution < -0.4 is 15.8 Å². The van der Waals surface area contributed by atoms with Crippen molar-refractivity contribution in [3.63, 3.8) is 0 Å².